The summed E-state index contributed by atoms with van der Waals surface area (Å²) in [5, 5.41) is 3.89. The van der Waals surface area contributed by atoms with Crippen LogP contribution in [0.4, 0.5) is 5.69 Å². The van der Waals surface area contributed by atoms with Crippen LogP contribution >= 0.6 is 11.3 Å². The van der Waals surface area contributed by atoms with Gasteiger partial charge in [-0.15, -0.1) is 11.3 Å². The number of aryl methyl sites for hydroxylation is 1. The maximum absolute atomic E-state index is 5.60. The number of rotatable bonds is 4. The molecule has 2 heterocycles. The Balaban J connectivity index is 0.998. The number of benzene rings is 8. The fraction of sp³-hybridized carbons (Fsp3) is 0.197. The fourth-order valence-corrected chi connectivity index (χ4v) is 13.2. The summed E-state index contributed by atoms with van der Waals surface area (Å²) in [4.78, 5) is 7.00. The van der Waals surface area contributed by atoms with Gasteiger partial charge < -0.3 is 0 Å². The minimum absolute atomic E-state index is 0.261. The van der Waals surface area contributed by atoms with E-state index in [1.165, 1.54) is 109 Å². The number of hydrogen-bond donors (Lipinski definition) is 0. The second-order valence-electron chi connectivity index (χ2n) is 18.4. The van der Waals surface area contributed by atoms with Gasteiger partial charge in [0.15, 0.2) is 0 Å². The van der Waals surface area contributed by atoms with Gasteiger partial charge in [0.2, 0.25) is 0 Å². The van der Waals surface area contributed by atoms with Crippen molar-refractivity contribution in [3.8, 4) is 33.4 Å². The first kappa shape index (κ1) is 38.3. The maximum atomic E-state index is 5.60. The summed E-state index contributed by atoms with van der Waals surface area (Å²) in [5.41, 5.74) is 21.9. The topological polar surface area (TPSA) is 12.4 Å². The van der Waals surface area contributed by atoms with Crippen LogP contribution in [0.3, 0.4) is 0 Å². The Labute approximate surface area is 375 Å². The zero-order valence-electron chi connectivity index (χ0n) is 36.5. The first-order chi connectivity index (χ1) is 31.0. The third-order valence-corrected chi connectivity index (χ3v) is 16.5. The molecular weight excluding hydrogens is 779 g/mol. The highest BCUT2D eigenvalue weighted by molar-refractivity contribution is 7.20. The Morgan fingerprint density at radius 1 is 0.571 bits per heavy atom. The molecule has 0 radical (unpaired) electrons. The van der Waals surface area contributed by atoms with Crippen molar-refractivity contribution in [3.63, 3.8) is 0 Å². The molecule has 0 fully saturated rings. The number of fused-ring (bicyclic) bond motifs is 14. The van der Waals surface area contributed by atoms with Gasteiger partial charge in [0.05, 0.1) is 11.4 Å². The number of hydrogen-bond acceptors (Lipinski definition) is 2. The van der Waals surface area contributed by atoms with E-state index >= 15 is 0 Å². The third kappa shape index (κ3) is 6.05. The number of thiophene rings is 1. The van der Waals surface area contributed by atoms with Crippen LogP contribution in [0.5, 0.6) is 0 Å². The monoisotopic (exact) mass is 829 g/mol. The van der Waals surface area contributed by atoms with Crippen LogP contribution in [0.2, 0.25) is 0 Å². The average Bonchev–Trinajstić information content (AvgIpc) is 3.63. The lowest BCUT2D eigenvalue weighted by Crippen LogP contribution is -2.26. The Morgan fingerprint density at radius 2 is 1.22 bits per heavy atom. The highest BCUT2D eigenvalue weighted by atomic mass is 32.1. The zero-order chi connectivity index (χ0) is 42.3. The van der Waals surface area contributed by atoms with Crippen molar-refractivity contribution in [3.05, 3.63) is 219 Å². The van der Waals surface area contributed by atoms with Gasteiger partial charge in [-0.3, -0.25) is 4.99 Å². The Morgan fingerprint density at radius 3 is 2.00 bits per heavy atom. The second-order valence-corrected chi connectivity index (χ2v) is 19.5. The Kier molecular flexibility index (Phi) is 9.23. The molecule has 5 unspecified atom stereocenters. The SMILES string of the molecule is CCC1C(c2ccc(C3CCc4cc5c(C)c(c4-c4ccccc43)-c3ccccc3C(C)C(C)c3cc4ccccc4cc3-5)cc2)=Nc2c(sc3ccccc23)C1c1ccccc1. The molecular formula is C61H51NS. The predicted molar refractivity (Wildman–Crippen MR) is 269 cm³/mol. The molecule has 8 aromatic carbocycles. The van der Waals surface area contributed by atoms with Crippen molar-refractivity contribution >= 4 is 43.6 Å². The smallest absolute Gasteiger partial charge is 0.0857 e. The molecule has 0 saturated heterocycles. The molecule has 63 heavy (non-hydrogen) atoms. The van der Waals surface area contributed by atoms with Crippen LogP contribution in [0.25, 0.3) is 54.2 Å². The largest absolute Gasteiger partial charge is 0.251 e. The first-order valence-corrected chi connectivity index (χ1v) is 23.9. The fourth-order valence-electron chi connectivity index (χ4n) is 11.9. The van der Waals surface area contributed by atoms with E-state index in [1.807, 2.05) is 11.3 Å². The van der Waals surface area contributed by atoms with Crippen molar-refractivity contribution in [2.75, 3.05) is 0 Å². The van der Waals surface area contributed by atoms with E-state index in [0.29, 0.717) is 11.8 Å². The van der Waals surface area contributed by atoms with E-state index in [0.717, 1.165) is 24.9 Å². The van der Waals surface area contributed by atoms with Crippen molar-refractivity contribution < 1.29 is 0 Å². The van der Waals surface area contributed by atoms with Crippen LogP contribution < -0.4 is 0 Å². The molecule has 9 aromatic rings. The first-order valence-electron chi connectivity index (χ1n) is 23.1. The number of nitrogens with zero attached hydrogens (tertiary/aromatic N) is 1. The predicted octanol–water partition coefficient (Wildman–Crippen LogP) is 17.0. The Hall–Kier alpha value is -6.35. The lowest BCUT2D eigenvalue weighted by molar-refractivity contribution is 0.585. The minimum Gasteiger partial charge on any atom is -0.251 e. The van der Waals surface area contributed by atoms with Crippen molar-refractivity contribution in [1.82, 2.24) is 0 Å². The Bertz CT molecular complexity index is 3280. The highest BCUT2D eigenvalue weighted by Crippen LogP contribution is 2.55. The van der Waals surface area contributed by atoms with Gasteiger partial charge in [-0.05, 0) is 139 Å². The minimum atomic E-state index is 0.261. The van der Waals surface area contributed by atoms with Gasteiger partial charge >= 0.3 is 0 Å². The average molecular weight is 830 g/mol. The van der Waals surface area contributed by atoms with Gasteiger partial charge in [-0.2, -0.15) is 0 Å². The van der Waals surface area contributed by atoms with E-state index in [-0.39, 0.29) is 17.8 Å². The summed E-state index contributed by atoms with van der Waals surface area (Å²) in [6, 6.07) is 64.7. The summed E-state index contributed by atoms with van der Waals surface area (Å²) in [6.45, 7) is 9.63. The van der Waals surface area contributed by atoms with Crippen LogP contribution in [-0.4, -0.2) is 5.71 Å². The van der Waals surface area contributed by atoms with Gasteiger partial charge in [-0.1, -0.05) is 178 Å². The number of aliphatic imine (C=N–C) groups is 1. The molecule has 0 N–H and O–H groups in total. The molecule has 306 valence electrons. The maximum Gasteiger partial charge on any atom is 0.0857 e. The van der Waals surface area contributed by atoms with Gasteiger partial charge in [-0.25, -0.2) is 0 Å². The molecule has 0 spiro atoms. The van der Waals surface area contributed by atoms with Crippen LogP contribution in [0.15, 0.2) is 175 Å². The molecule has 12 rings (SSSR count). The summed E-state index contributed by atoms with van der Waals surface area (Å²) >= 11 is 1.93. The van der Waals surface area contributed by atoms with E-state index in [4.69, 9.17) is 4.99 Å². The molecule has 1 nitrogen and oxygen atoms in total. The molecule has 1 aromatic heterocycles. The van der Waals surface area contributed by atoms with E-state index in [9.17, 15) is 0 Å². The summed E-state index contributed by atoms with van der Waals surface area (Å²) in [7, 11) is 0. The molecule has 0 saturated carbocycles. The third-order valence-electron chi connectivity index (χ3n) is 15.2. The van der Waals surface area contributed by atoms with Crippen molar-refractivity contribution in [1.29, 1.82) is 0 Å². The van der Waals surface area contributed by atoms with Gasteiger partial charge in [0.25, 0.3) is 0 Å². The van der Waals surface area contributed by atoms with Crippen LogP contribution in [-0.2, 0) is 6.42 Å². The lowest BCUT2D eigenvalue weighted by Gasteiger charge is -2.32. The molecule has 3 aliphatic rings. The van der Waals surface area contributed by atoms with Crippen molar-refractivity contribution in [2.24, 2.45) is 10.9 Å². The lowest BCUT2D eigenvalue weighted by atomic mass is 9.75. The van der Waals surface area contributed by atoms with Gasteiger partial charge in [0.1, 0.15) is 0 Å². The molecule has 0 amide bonds. The quantitative estimate of drug-likeness (QED) is 0.168. The van der Waals surface area contributed by atoms with Crippen LogP contribution in [0, 0.1) is 12.8 Å². The molecule has 5 atom stereocenters. The second kappa shape index (κ2) is 15.2. The molecule has 2 bridgehead atoms. The van der Waals surface area contributed by atoms with Crippen molar-refractivity contribution in [2.45, 2.75) is 70.6 Å². The summed E-state index contributed by atoms with van der Waals surface area (Å²) < 4.78 is 1.32. The molecule has 2 heteroatoms. The van der Waals surface area contributed by atoms with Crippen LogP contribution in [0.1, 0.15) is 107 Å². The van der Waals surface area contributed by atoms with E-state index in [1.54, 1.807) is 0 Å². The summed E-state index contributed by atoms with van der Waals surface area (Å²) in [5.74, 6) is 1.50. The molecule has 2 aliphatic carbocycles. The normalized spacial score (nSPS) is 19.9. The highest BCUT2D eigenvalue weighted by Gasteiger charge is 2.37. The summed E-state index contributed by atoms with van der Waals surface area (Å²) in [6.07, 6.45) is 3.07. The standard InChI is InChI=1S/C61H51NS/c1-5-45-58(40-17-7-6-8-18-40)61-60(51-25-15-16-26-55(51)63-61)62-59(45)41-29-27-39(28-30-41)47-32-31-44-35-53-38(4)56(57(44)50-24-14-12-22-48(47)50)49-23-13-11-21-46(49)36(2)37(3)52-33-42-19-9-10-20-43(42)34-54(52)53/h6-30,33-37,45,47,58H,5,31-32H2,1-4H3. The van der Waals surface area contributed by atoms with Gasteiger partial charge in [0, 0.05) is 32.7 Å². The van der Waals surface area contributed by atoms with E-state index in [2.05, 4.69) is 198 Å². The molecule has 1 aliphatic heterocycles. The van der Waals surface area contributed by atoms with E-state index < -0.39 is 0 Å². The zero-order valence-corrected chi connectivity index (χ0v) is 37.3.